The summed E-state index contributed by atoms with van der Waals surface area (Å²) in [4.78, 5) is 23.2. The summed E-state index contributed by atoms with van der Waals surface area (Å²) < 4.78 is 21.9. The summed E-state index contributed by atoms with van der Waals surface area (Å²) in [7, 11) is 2.15. The van der Waals surface area contributed by atoms with Crippen molar-refractivity contribution in [2.24, 2.45) is 0 Å². The minimum Gasteiger partial charge on any atom is -0.494 e. The standard InChI is InChI=1S/C22H26O7Si/c1-26-30(27-2,28-3)16-4-15-29-20-12-10-19(11-13-20)22(25)18-8-5-17(6-9-18)7-14-21(23)24/h5-14H,4,15-16H2,1-3H3,(H,23,24)/b14-7+. The van der Waals surface area contributed by atoms with Crippen LogP contribution in [0.5, 0.6) is 5.75 Å². The number of ketones is 1. The molecule has 0 aromatic heterocycles. The lowest BCUT2D eigenvalue weighted by Gasteiger charge is -2.24. The van der Waals surface area contributed by atoms with Crippen molar-refractivity contribution in [2.75, 3.05) is 27.9 Å². The van der Waals surface area contributed by atoms with Crippen LogP contribution in [0.1, 0.15) is 27.9 Å². The van der Waals surface area contributed by atoms with Crippen molar-refractivity contribution in [2.45, 2.75) is 12.5 Å². The van der Waals surface area contributed by atoms with E-state index in [1.54, 1.807) is 69.9 Å². The molecule has 0 aliphatic heterocycles. The van der Waals surface area contributed by atoms with Crippen molar-refractivity contribution in [1.82, 2.24) is 0 Å². The number of rotatable bonds is 12. The molecule has 0 heterocycles. The number of carbonyl (C=O) groups is 2. The largest absolute Gasteiger partial charge is 0.500 e. The Morgan fingerprint density at radius 2 is 1.43 bits per heavy atom. The molecule has 160 valence electrons. The quantitative estimate of drug-likeness (QED) is 0.238. The Morgan fingerprint density at radius 1 is 0.900 bits per heavy atom. The molecule has 0 aliphatic rings. The van der Waals surface area contributed by atoms with E-state index in [1.807, 2.05) is 0 Å². The van der Waals surface area contributed by atoms with E-state index in [0.29, 0.717) is 41.5 Å². The molecule has 0 fully saturated rings. The van der Waals surface area contributed by atoms with E-state index < -0.39 is 14.8 Å². The molecule has 2 aromatic carbocycles. The Bertz CT molecular complexity index is 848. The van der Waals surface area contributed by atoms with E-state index in [2.05, 4.69) is 0 Å². The normalized spacial score (nSPS) is 11.6. The summed E-state index contributed by atoms with van der Waals surface area (Å²) in [6.07, 6.45) is 3.24. The molecule has 2 rings (SSSR count). The summed E-state index contributed by atoms with van der Waals surface area (Å²) in [6, 6.07) is 14.3. The predicted octanol–water partition coefficient (Wildman–Crippen LogP) is 3.66. The summed E-state index contributed by atoms with van der Waals surface area (Å²) >= 11 is 0. The molecule has 0 saturated heterocycles. The van der Waals surface area contributed by atoms with Crippen LogP contribution in [-0.4, -0.2) is 53.6 Å². The lowest BCUT2D eigenvalue weighted by molar-refractivity contribution is -0.131. The molecule has 8 heteroatoms. The van der Waals surface area contributed by atoms with Crippen molar-refractivity contribution < 1.29 is 32.7 Å². The van der Waals surface area contributed by atoms with Crippen LogP contribution in [-0.2, 0) is 18.1 Å². The number of carboxylic acids is 1. The van der Waals surface area contributed by atoms with Crippen molar-refractivity contribution >= 4 is 26.6 Å². The summed E-state index contributed by atoms with van der Waals surface area (Å²) in [6.45, 7) is 0.476. The van der Waals surface area contributed by atoms with Gasteiger partial charge in [0.1, 0.15) is 5.75 Å². The zero-order valence-corrected chi connectivity index (χ0v) is 18.3. The number of carbonyl (C=O) groups excluding carboxylic acids is 1. The van der Waals surface area contributed by atoms with Gasteiger partial charge in [0, 0.05) is 44.6 Å². The van der Waals surface area contributed by atoms with Gasteiger partial charge in [-0.05, 0) is 42.3 Å². The Hall–Kier alpha value is -2.78. The van der Waals surface area contributed by atoms with E-state index in [0.717, 1.165) is 6.08 Å². The number of ether oxygens (including phenoxy) is 1. The average molecular weight is 431 g/mol. The lowest BCUT2D eigenvalue weighted by Crippen LogP contribution is -2.42. The Labute approximate surface area is 177 Å². The third-order valence-corrected chi connectivity index (χ3v) is 7.37. The average Bonchev–Trinajstić information content (AvgIpc) is 2.78. The highest BCUT2D eigenvalue weighted by molar-refractivity contribution is 6.60. The van der Waals surface area contributed by atoms with Gasteiger partial charge in [0.15, 0.2) is 5.78 Å². The molecule has 0 spiro atoms. The molecule has 0 aliphatic carbocycles. The number of hydrogen-bond acceptors (Lipinski definition) is 6. The summed E-state index contributed by atoms with van der Waals surface area (Å²) in [5, 5.41) is 8.66. The minimum absolute atomic E-state index is 0.119. The summed E-state index contributed by atoms with van der Waals surface area (Å²) in [5.41, 5.74) is 1.78. The lowest BCUT2D eigenvalue weighted by atomic mass is 10.0. The van der Waals surface area contributed by atoms with Crippen molar-refractivity contribution in [3.63, 3.8) is 0 Å². The monoisotopic (exact) mass is 430 g/mol. The van der Waals surface area contributed by atoms with Crippen LogP contribution in [0.25, 0.3) is 6.08 Å². The van der Waals surface area contributed by atoms with E-state index in [4.69, 9.17) is 23.1 Å². The van der Waals surface area contributed by atoms with E-state index >= 15 is 0 Å². The molecule has 2 aromatic rings. The molecule has 0 radical (unpaired) electrons. The molecule has 0 saturated carbocycles. The number of aliphatic carboxylic acids is 1. The molecule has 30 heavy (non-hydrogen) atoms. The first-order chi connectivity index (χ1) is 14.4. The number of benzene rings is 2. The molecule has 1 N–H and O–H groups in total. The highest BCUT2D eigenvalue weighted by atomic mass is 28.4. The van der Waals surface area contributed by atoms with Gasteiger partial charge in [0.05, 0.1) is 6.61 Å². The molecular formula is C22H26O7Si. The maximum Gasteiger partial charge on any atom is 0.500 e. The molecule has 0 amide bonds. The zero-order valence-electron chi connectivity index (χ0n) is 17.3. The first-order valence-corrected chi connectivity index (χ1v) is 11.3. The van der Waals surface area contributed by atoms with Crippen LogP contribution < -0.4 is 4.74 Å². The summed E-state index contributed by atoms with van der Waals surface area (Å²) in [5.74, 6) is -0.471. The molecule has 7 nitrogen and oxygen atoms in total. The Kier molecular flexibility index (Phi) is 8.94. The fourth-order valence-electron chi connectivity index (χ4n) is 2.82. The second-order valence-electron chi connectivity index (χ2n) is 6.39. The van der Waals surface area contributed by atoms with E-state index in [9.17, 15) is 9.59 Å². The van der Waals surface area contributed by atoms with Gasteiger partial charge in [-0.15, -0.1) is 0 Å². The molecular weight excluding hydrogens is 404 g/mol. The number of carboxylic acid groups (broad SMARTS) is 1. The minimum atomic E-state index is -2.59. The van der Waals surface area contributed by atoms with Gasteiger partial charge in [0.2, 0.25) is 0 Å². The second-order valence-corrected chi connectivity index (χ2v) is 9.49. The van der Waals surface area contributed by atoms with Gasteiger partial charge in [-0.25, -0.2) is 4.79 Å². The fraction of sp³-hybridized carbons (Fsp3) is 0.273. The van der Waals surface area contributed by atoms with Gasteiger partial charge in [-0.3, -0.25) is 4.79 Å². The van der Waals surface area contributed by atoms with Crippen molar-refractivity contribution in [3.05, 3.63) is 71.3 Å². The van der Waals surface area contributed by atoms with E-state index in [-0.39, 0.29) is 5.78 Å². The van der Waals surface area contributed by atoms with Crippen molar-refractivity contribution in [1.29, 1.82) is 0 Å². The molecule has 0 atom stereocenters. The first-order valence-electron chi connectivity index (χ1n) is 9.37. The van der Waals surface area contributed by atoms with Crippen LogP contribution in [0.4, 0.5) is 0 Å². The highest BCUT2D eigenvalue weighted by Gasteiger charge is 2.36. The van der Waals surface area contributed by atoms with E-state index in [1.165, 1.54) is 6.08 Å². The third kappa shape index (κ3) is 6.63. The zero-order chi connectivity index (χ0) is 22.0. The smallest absolute Gasteiger partial charge is 0.494 e. The number of hydrogen-bond donors (Lipinski definition) is 1. The van der Waals surface area contributed by atoms with Gasteiger partial charge in [0.25, 0.3) is 0 Å². The Morgan fingerprint density at radius 3 is 1.93 bits per heavy atom. The molecule has 0 unspecified atom stereocenters. The fourth-order valence-corrected chi connectivity index (χ4v) is 4.51. The highest BCUT2D eigenvalue weighted by Crippen LogP contribution is 2.18. The van der Waals surface area contributed by atoms with Crippen LogP contribution in [0.2, 0.25) is 6.04 Å². The maximum atomic E-state index is 12.6. The Balaban J connectivity index is 1.90. The van der Waals surface area contributed by atoms with Crippen LogP contribution in [0.15, 0.2) is 54.6 Å². The SMILES string of the molecule is CO[Si](CCCOc1ccc(C(=O)c2ccc(/C=C/C(=O)O)cc2)cc1)(OC)OC. The van der Waals surface area contributed by atoms with Gasteiger partial charge < -0.3 is 23.1 Å². The second kappa shape index (κ2) is 11.4. The van der Waals surface area contributed by atoms with Crippen molar-refractivity contribution in [3.8, 4) is 5.75 Å². The third-order valence-electron chi connectivity index (χ3n) is 4.54. The predicted molar refractivity (Wildman–Crippen MR) is 115 cm³/mol. The molecule has 0 bridgehead atoms. The van der Waals surface area contributed by atoms with Gasteiger partial charge >= 0.3 is 14.8 Å². The van der Waals surface area contributed by atoms with Gasteiger partial charge in [-0.2, -0.15) is 0 Å². The topological polar surface area (TPSA) is 91.3 Å². The maximum absolute atomic E-state index is 12.6. The van der Waals surface area contributed by atoms with Crippen LogP contribution >= 0.6 is 0 Å². The van der Waals surface area contributed by atoms with Crippen LogP contribution in [0.3, 0.4) is 0 Å². The van der Waals surface area contributed by atoms with Gasteiger partial charge in [-0.1, -0.05) is 24.3 Å². The first kappa shape index (κ1) is 23.5. The van der Waals surface area contributed by atoms with Crippen LogP contribution in [0, 0.1) is 0 Å².